The van der Waals surface area contributed by atoms with E-state index in [1.807, 2.05) is 0 Å². The van der Waals surface area contributed by atoms with E-state index >= 15 is 0 Å². The molecule has 67 heavy (non-hydrogen) atoms. The van der Waals surface area contributed by atoms with Crippen LogP contribution in [0.3, 0.4) is 0 Å². The average Bonchev–Trinajstić information content (AvgIpc) is 3.31. The van der Waals surface area contributed by atoms with Crippen LogP contribution in [0.15, 0.2) is 74.9 Å². The minimum Gasteiger partial charge on any atom is -0.461 e. The van der Waals surface area contributed by atoms with E-state index in [0.29, 0.717) is 17.7 Å². The van der Waals surface area contributed by atoms with E-state index in [-0.39, 0.29) is 111 Å². The second-order valence-electron chi connectivity index (χ2n) is 12.8. The summed E-state index contributed by atoms with van der Waals surface area (Å²) in [6.45, 7) is 29.6. The number of hydrogen-bond donors (Lipinski definition) is 6. The Morgan fingerprint density at radius 1 is 0.403 bits per heavy atom. The molecule has 378 valence electrons. The topological polar surface area (TPSA) is 309 Å². The Morgan fingerprint density at radius 3 is 1.01 bits per heavy atom. The molecule has 0 aromatic heterocycles. The van der Waals surface area contributed by atoms with Gasteiger partial charge in [0.15, 0.2) is 0 Å². The summed E-state index contributed by atoms with van der Waals surface area (Å²) in [7, 11) is 0. The Bertz CT molecular complexity index is 1600. The summed E-state index contributed by atoms with van der Waals surface area (Å²) in [4.78, 5) is 99.2. The molecule has 6 amide bonds. The predicted molar refractivity (Wildman–Crippen MR) is 242 cm³/mol. The minimum atomic E-state index is -0.540. The van der Waals surface area contributed by atoms with Crippen LogP contribution in [0.2, 0.25) is 0 Å². The Hall–Kier alpha value is -7.05. The molecule has 2 atom stereocenters. The Morgan fingerprint density at radius 2 is 0.687 bits per heavy atom. The van der Waals surface area contributed by atoms with Crippen LogP contribution in [0.1, 0.15) is 27.7 Å². The zero-order valence-corrected chi connectivity index (χ0v) is 38.9. The van der Waals surface area contributed by atoms with Gasteiger partial charge in [-0.25, -0.2) is 43.2 Å². The molecule has 0 spiro atoms. The quantitative estimate of drug-likeness (QED) is 0.0230. The molecule has 24 heteroatoms. The second-order valence-corrected chi connectivity index (χ2v) is 12.8. The highest BCUT2D eigenvalue weighted by atomic mass is 16.6. The Kier molecular flexibility index (Phi) is 42.3. The van der Waals surface area contributed by atoms with Gasteiger partial charge in [-0.2, -0.15) is 0 Å². The number of rotatable bonds is 33. The smallest absolute Gasteiger partial charge is 0.333 e. The van der Waals surface area contributed by atoms with Gasteiger partial charge in [0.05, 0.1) is 58.3 Å². The first kappa shape index (κ1) is 64.2. The van der Waals surface area contributed by atoms with Gasteiger partial charge in [-0.3, -0.25) is 0 Å². The van der Waals surface area contributed by atoms with Crippen LogP contribution in [0.4, 0.5) is 14.4 Å². The molecular weight excluding hydrogens is 888 g/mol. The third-order valence-corrected chi connectivity index (χ3v) is 6.80. The van der Waals surface area contributed by atoms with Crippen molar-refractivity contribution in [2.24, 2.45) is 0 Å². The molecule has 0 saturated heterocycles. The van der Waals surface area contributed by atoms with Crippen molar-refractivity contribution in [2.75, 3.05) is 105 Å². The number of hydrogen-bond acceptors (Lipinski definition) is 18. The molecule has 24 nitrogen and oxygen atoms in total. The lowest BCUT2D eigenvalue weighted by Gasteiger charge is -2.14. The lowest BCUT2D eigenvalue weighted by atomic mass is 10.4. The van der Waals surface area contributed by atoms with Gasteiger partial charge in [0, 0.05) is 55.1 Å². The molecule has 0 heterocycles. The first-order valence-corrected chi connectivity index (χ1v) is 20.5. The number of ether oxygens (including phenoxy) is 9. The van der Waals surface area contributed by atoms with Gasteiger partial charge in [0.1, 0.15) is 39.6 Å². The molecule has 0 aliphatic rings. The number of urea groups is 3. The molecule has 0 saturated carbocycles. The van der Waals surface area contributed by atoms with Crippen LogP contribution in [0.5, 0.6) is 0 Å². The zero-order valence-electron chi connectivity index (χ0n) is 38.9. The SMILES string of the molecule is C=CC(=O)OCCNC(=O)NCC(C)OCCOC(=O)C(=C)C.C=CC(=O)OCCNC(=O)NCC(C)OCCOC(=O)C=C.C=CC(=O)OCCNC(=O)NCCOCCOC(=O)C(=C)C. The predicted octanol–water partition coefficient (Wildman–Crippen LogP) is 0.839. The Labute approximate surface area is 391 Å². The summed E-state index contributed by atoms with van der Waals surface area (Å²) in [5.41, 5.74) is 0.660. The summed E-state index contributed by atoms with van der Waals surface area (Å²) in [5, 5.41) is 15.2. The fraction of sp³-hybridized carbons (Fsp3) is 0.512. The molecule has 0 rings (SSSR count). The van der Waals surface area contributed by atoms with Crippen molar-refractivity contribution >= 4 is 53.9 Å². The fourth-order valence-corrected chi connectivity index (χ4v) is 3.52. The fourth-order valence-electron chi connectivity index (χ4n) is 3.52. The highest BCUT2D eigenvalue weighted by Crippen LogP contribution is 1.95. The molecule has 0 bridgehead atoms. The monoisotopic (exact) mass is 956 g/mol. The van der Waals surface area contributed by atoms with Gasteiger partial charge in [-0.15, -0.1) is 0 Å². The molecule has 0 aromatic carbocycles. The molecule has 0 fully saturated rings. The van der Waals surface area contributed by atoms with Crippen LogP contribution in [-0.4, -0.2) is 171 Å². The molecule has 0 aliphatic carbocycles. The van der Waals surface area contributed by atoms with Gasteiger partial charge in [0.25, 0.3) is 0 Å². The largest absolute Gasteiger partial charge is 0.461 e. The molecule has 6 N–H and O–H groups in total. The van der Waals surface area contributed by atoms with Crippen molar-refractivity contribution in [1.82, 2.24) is 31.9 Å². The molecule has 2 unspecified atom stereocenters. The van der Waals surface area contributed by atoms with Gasteiger partial charge in [-0.05, 0) is 27.7 Å². The third kappa shape index (κ3) is 46.8. The van der Waals surface area contributed by atoms with Crippen molar-refractivity contribution in [3.63, 3.8) is 0 Å². The van der Waals surface area contributed by atoms with Crippen molar-refractivity contribution in [1.29, 1.82) is 0 Å². The maximum absolute atomic E-state index is 11.4. The van der Waals surface area contributed by atoms with E-state index in [1.54, 1.807) is 27.7 Å². The minimum absolute atomic E-state index is 0.0679. The normalized spacial score (nSPS) is 10.5. The van der Waals surface area contributed by atoms with E-state index in [0.717, 1.165) is 24.3 Å². The van der Waals surface area contributed by atoms with Crippen molar-refractivity contribution in [3.05, 3.63) is 74.9 Å². The summed E-state index contributed by atoms with van der Waals surface area (Å²) >= 11 is 0. The van der Waals surface area contributed by atoms with Crippen LogP contribution < -0.4 is 31.9 Å². The van der Waals surface area contributed by atoms with E-state index in [9.17, 15) is 43.2 Å². The summed E-state index contributed by atoms with van der Waals surface area (Å²) in [6, 6.07) is -1.20. The average molecular weight is 957 g/mol. The highest BCUT2D eigenvalue weighted by molar-refractivity contribution is 5.87. The number of nitrogens with one attached hydrogen (secondary N) is 6. The summed E-state index contributed by atoms with van der Waals surface area (Å²) < 4.78 is 44.3. The first-order valence-electron chi connectivity index (χ1n) is 20.5. The summed E-state index contributed by atoms with van der Waals surface area (Å²) in [5.74, 6) is -3.05. The number of amides is 6. The molecular formula is C43H68N6O18. The zero-order chi connectivity index (χ0) is 51.3. The molecule has 0 aliphatic heterocycles. The van der Waals surface area contributed by atoms with E-state index in [2.05, 4.69) is 80.8 Å². The first-order chi connectivity index (χ1) is 31.8. The van der Waals surface area contributed by atoms with Gasteiger partial charge in [-0.1, -0.05) is 39.5 Å². The molecule has 0 radical (unpaired) electrons. The number of carbonyl (C=O) groups excluding carboxylic acids is 9. The second kappa shape index (κ2) is 44.2. The van der Waals surface area contributed by atoms with E-state index in [4.69, 9.17) is 33.2 Å². The van der Waals surface area contributed by atoms with Gasteiger partial charge >= 0.3 is 53.9 Å². The standard InChI is InChI=1S/C15H24N2O6.2C14H22N2O6/c1-5-13(18)22-7-6-16-15(20)17-10-12(4)21-8-9-23-14(19)11(2)3;1-4-12(17)21-8-6-16-14(19)15-5-7-20-9-10-22-13(18)11(2)3;1-4-12(17)21-7-6-15-14(19)16-10-11(3)20-8-9-22-13(18)5-2/h5,12H,1-2,6-10H2,3-4H3,(H2,16,17,20);4H,1-2,5-10H2,3H3,(H2,15,16,19);4-5,11H,1-2,6-10H2,3H3,(H2,15,16,19). The lowest BCUT2D eigenvalue weighted by molar-refractivity contribution is -0.141. The van der Waals surface area contributed by atoms with Crippen molar-refractivity contribution < 1.29 is 85.8 Å². The van der Waals surface area contributed by atoms with Crippen LogP contribution >= 0.6 is 0 Å². The van der Waals surface area contributed by atoms with Gasteiger partial charge in [0.2, 0.25) is 0 Å². The van der Waals surface area contributed by atoms with E-state index in [1.165, 1.54) is 0 Å². The summed E-state index contributed by atoms with van der Waals surface area (Å²) in [6.07, 6.45) is 3.72. The van der Waals surface area contributed by atoms with Crippen molar-refractivity contribution in [2.45, 2.75) is 39.9 Å². The Balaban J connectivity index is -0.000000917. The van der Waals surface area contributed by atoms with Gasteiger partial charge < -0.3 is 74.5 Å². The molecule has 0 aromatic rings. The maximum Gasteiger partial charge on any atom is 0.333 e. The third-order valence-electron chi connectivity index (χ3n) is 6.80. The van der Waals surface area contributed by atoms with E-state index < -0.39 is 53.9 Å². The van der Waals surface area contributed by atoms with Crippen molar-refractivity contribution in [3.8, 4) is 0 Å². The number of esters is 6. The maximum atomic E-state index is 11.4. The van der Waals surface area contributed by atoms with Crippen LogP contribution in [0, 0.1) is 0 Å². The lowest BCUT2D eigenvalue weighted by Crippen LogP contribution is -2.41. The van der Waals surface area contributed by atoms with Crippen LogP contribution in [0.25, 0.3) is 0 Å². The van der Waals surface area contributed by atoms with Crippen LogP contribution in [-0.2, 0) is 71.4 Å². The number of carbonyl (C=O) groups is 9. The highest BCUT2D eigenvalue weighted by Gasteiger charge is 2.09.